The van der Waals surface area contributed by atoms with Gasteiger partial charge in [0.15, 0.2) is 5.76 Å². The number of para-hydroxylation sites is 1. The minimum atomic E-state index is -0.590. The molecule has 0 radical (unpaired) electrons. The Morgan fingerprint density at radius 2 is 1.74 bits per heavy atom. The molecule has 1 aromatic heterocycles. The fourth-order valence-corrected chi connectivity index (χ4v) is 4.31. The maximum atomic E-state index is 13.2. The van der Waals surface area contributed by atoms with Gasteiger partial charge < -0.3 is 14.6 Å². The second-order valence-electron chi connectivity index (χ2n) is 8.49. The molecule has 6 heteroatoms. The number of fused-ring (bicyclic) bond motifs is 1. The summed E-state index contributed by atoms with van der Waals surface area (Å²) in [4.78, 5) is 27.9. The number of nitrogens with zero attached hydrogens (tertiary/aromatic N) is 1. The number of furan rings is 1. The van der Waals surface area contributed by atoms with Crippen LogP contribution in [0.15, 0.2) is 59.0 Å². The highest BCUT2D eigenvalue weighted by Gasteiger charge is 2.32. The van der Waals surface area contributed by atoms with Crippen LogP contribution in [0.5, 0.6) is 0 Å². The first-order valence-electron chi connectivity index (χ1n) is 10.8. The summed E-state index contributed by atoms with van der Waals surface area (Å²) in [7, 11) is 0. The summed E-state index contributed by atoms with van der Waals surface area (Å²) in [6.45, 7) is 5.25. The molecular formula is C25H27ClN2O3. The normalized spacial score (nSPS) is 15.9. The summed E-state index contributed by atoms with van der Waals surface area (Å²) in [6, 6.07) is 16.6. The number of benzene rings is 2. The van der Waals surface area contributed by atoms with Gasteiger partial charge in [0.05, 0.1) is 0 Å². The van der Waals surface area contributed by atoms with Crippen molar-refractivity contribution in [2.75, 3.05) is 13.1 Å². The second-order valence-corrected chi connectivity index (χ2v) is 8.93. The van der Waals surface area contributed by atoms with Crippen molar-refractivity contribution in [3.05, 3.63) is 70.9 Å². The number of amides is 2. The molecule has 0 bridgehead atoms. The van der Waals surface area contributed by atoms with E-state index in [9.17, 15) is 9.59 Å². The number of carbonyl (C=O) groups excluding carboxylic acids is 2. The molecule has 1 aliphatic rings. The van der Waals surface area contributed by atoms with Gasteiger partial charge in [-0.2, -0.15) is 0 Å². The van der Waals surface area contributed by atoms with Crippen molar-refractivity contribution < 1.29 is 14.0 Å². The fraction of sp³-hybridized carbons (Fsp3) is 0.360. The van der Waals surface area contributed by atoms with Crippen LogP contribution in [0.4, 0.5) is 0 Å². The number of carbonyl (C=O) groups is 2. The van der Waals surface area contributed by atoms with Crippen LogP contribution in [0.1, 0.15) is 48.7 Å². The van der Waals surface area contributed by atoms with E-state index < -0.39 is 6.04 Å². The molecule has 162 valence electrons. The van der Waals surface area contributed by atoms with Gasteiger partial charge >= 0.3 is 0 Å². The smallest absolute Gasteiger partial charge is 0.287 e. The van der Waals surface area contributed by atoms with Gasteiger partial charge in [-0.3, -0.25) is 9.59 Å². The minimum Gasteiger partial charge on any atom is -0.451 e. The summed E-state index contributed by atoms with van der Waals surface area (Å²) < 4.78 is 5.66. The lowest BCUT2D eigenvalue weighted by Crippen LogP contribution is -2.52. The quantitative estimate of drug-likeness (QED) is 0.592. The molecule has 1 N–H and O–H groups in total. The molecule has 3 aromatic rings. The third-order valence-electron chi connectivity index (χ3n) is 6.02. The van der Waals surface area contributed by atoms with Crippen LogP contribution in [-0.2, 0) is 4.79 Å². The topological polar surface area (TPSA) is 62.6 Å². The van der Waals surface area contributed by atoms with Crippen molar-refractivity contribution in [1.82, 2.24) is 10.2 Å². The molecule has 4 rings (SSSR count). The lowest BCUT2D eigenvalue weighted by Gasteiger charge is -2.35. The average Bonchev–Trinajstić information content (AvgIpc) is 3.22. The van der Waals surface area contributed by atoms with Gasteiger partial charge in [0.1, 0.15) is 11.6 Å². The Balaban J connectivity index is 1.40. The van der Waals surface area contributed by atoms with Crippen molar-refractivity contribution in [2.24, 2.45) is 5.92 Å². The van der Waals surface area contributed by atoms with Crippen LogP contribution < -0.4 is 5.32 Å². The van der Waals surface area contributed by atoms with Gasteiger partial charge in [0.25, 0.3) is 5.91 Å². The molecule has 1 aliphatic heterocycles. The number of hydrogen-bond donors (Lipinski definition) is 1. The Labute approximate surface area is 187 Å². The monoisotopic (exact) mass is 438 g/mol. The van der Waals surface area contributed by atoms with E-state index in [1.807, 2.05) is 55.1 Å². The predicted molar refractivity (Wildman–Crippen MR) is 122 cm³/mol. The SMILES string of the molecule is CC(C)[C@@H](NC(=O)c1cc2ccccc2o1)C(=O)N1CCC(c2ccc(Cl)cc2)CC1. The number of halogens is 1. The van der Waals surface area contributed by atoms with Gasteiger partial charge in [-0.15, -0.1) is 0 Å². The van der Waals surface area contributed by atoms with E-state index in [0.29, 0.717) is 24.6 Å². The highest BCUT2D eigenvalue weighted by molar-refractivity contribution is 6.30. The molecule has 1 saturated heterocycles. The first kappa shape index (κ1) is 21.4. The first-order valence-corrected chi connectivity index (χ1v) is 11.1. The average molecular weight is 439 g/mol. The van der Waals surface area contributed by atoms with E-state index in [1.54, 1.807) is 6.07 Å². The first-order chi connectivity index (χ1) is 14.9. The Bertz CT molecular complexity index is 1030. The van der Waals surface area contributed by atoms with Crippen LogP contribution in [-0.4, -0.2) is 35.8 Å². The number of piperidine rings is 1. The Hall–Kier alpha value is -2.79. The van der Waals surface area contributed by atoms with E-state index in [1.165, 1.54) is 5.56 Å². The second kappa shape index (κ2) is 9.15. The molecule has 1 atom stereocenters. The third kappa shape index (κ3) is 4.77. The molecule has 0 aliphatic carbocycles. The van der Waals surface area contributed by atoms with Crippen molar-refractivity contribution >= 4 is 34.4 Å². The molecule has 2 aromatic carbocycles. The minimum absolute atomic E-state index is 0.0326. The van der Waals surface area contributed by atoms with E-state index in [2.05, 4.69) is 17.4 Å². The number of nitrogens with one attached hydrogen (secondary N) is 1. The zero-order chi connectivity index (χ0) is 22.0. The third-order valence-corrected chi connectivity index (χ3v) is 6.27. The fourth-order valence-electron chi connectivity index (χ4n) is 4.18. The zero-order valence-electron chi connectivity index (χ0n) is 17.8. The summed E-state index contributed by atoms with van der Waals surface area (Å²) in [6.07, 6.45) is 1.80. The van der Waals surface area contributed by atoms with Gasteiger partial charge in [0.2, 0.25) is 5.91 Å². The van der Waals surface area contributed by atoms with Crippen molar-refractivity contribution in [1.29, 1.82) is 0 Å². The van der Waals surface area contributed by atoms with Crippen molar-refractivity contribution in [3.8, 4) is 0 Å². The van der Waals surface area contributed by atoms with E-state index >= 15 is 0 Å². The lowest BCUT2D eigenvalue weighted by molar-refractivity contribution is -0.135. The van der Waals surface area contributed by atoms with Crippen LogP contribution >= 0.6 is 11.6 Å². The molecule has 2 heterocycles. The van der Waals surface area contributed by atoms with Crippen LogP contribution in [0.25, 0.3) is 11.0 Å². The summed E-state index contributed by atoms with van der Waals surface area (Å²) in [5.74, 6) is 0.216. The van der Waals surface area contributed by atoms with Crippen LogP contribution in [0.2, 0.25) is 5.02 Å². The largest absolute Gasteiger partial charge is 0.451 e. The molecule has 1 fully saturated rings. The number of hydrogen-bond acceptors (Lipinski definition) is 3. The lowest BCUT2D eigenvalue weighted by atomic mass is 9.89. The van der Waals surface area contributed by atoms with Crippen LogP contribution in [0, 0.1) is 5.92 Å². The predicted octanol–water partition coefficient (Wildman–Crippen LogP) is 5.25. The molecule has 0 saturated carbocycles. The zero-order valence-corrected chi connectivity index (χ0v) is 18.6. The van der Waals surface area contributed by atoms with E-state index in [0.717, 1.165) is 23.3 Å². The summed E-state index contributed by atoms with van der Waals surface area (Å²) in [5, 5.41) is 4.50. The number of rotatable bonds is 5. The maximum Gasteiger partial charge on any atom is 0.287 e. The maximum absolute atomic E-state index is 13.2. The van der Waals surface area contributed by atoms with Gasteiger partial charge in [-0.25, -0.2) is 0 Å². The van der Waals surface area contributed by atoms with E-state index in [4.69, 9.17) is 16.0 Å². The standard InChI is InChI=1S/C25H27ClN2O3/c1-16(2)23(27-24(29)22-15-19-5-3-4-6-21(19)31-22)25(30)28-13-11-18(12-14-28)17-7-9-20(26)10-8-17/h3-10,15-16,18,23H,11-14H2,1-2H3,(H,27,29)/t23-/m1/s1. The Morgan fingerprint density at radius 1 is 1.06 bits per heavy atom. The Kier molecular flexibility index (Phi) is 6.33. The molecule has 31 heavy (non-hydrogen) atoms. The highest BCUT2D eigenvalue weighted by atomic mass is 35.5. The van der Waals surface area contributed by atoms with Gasteiger partial charge in [-0.05, 0) is 54.5 Å². The molecule has 0 spiro atoms. The highest BCUT2D eigenvalue weighted by Crippen LogP contribution is 2.29. The Morgan fingerprint density at radius 3 is 2.39 bits per heavy atom. The number of likely N-dealkylation sites (tertiary alicyclic amines) is 1. The molecule has 2 amide bonds. The van der Waals surface area contributed by atoms with E-state index in [-0.39, 0.29) is 23.5 Å². The summed E-state index contributed by atoms with van der Waals surface area (Å²) in [5.41, 5.74) is 1.92. The molecule has 5 nitrogen and oxygen atoms in total. The van der Waals surface area contributed by atoms with Crippen molar-refractivity contribution in [2.45, 2.75) is 38.6 Å². The van der Waals surface area contributed by atoms with Gasteiger partial charge in [0, 0.05) is 23.5 Å². The van der Waals surface area contributed by atoms with Crippen LogP contribution in [0.3, 0.4) is 0 Å². The summed E-state index contributed by atoms with van der Waals surface area (Å²) >= 11 is 5.99. The molecule has 0 unspecified atom stereocenters. The van der Waals surface area contributed by atoms with Crippen molar-refractivity contribution in [3.63, 3.8) is 0 Å². The molecular weight excluding hydrogens is 412 g/mol. The van der Waals surface area contributed by atoms with Gasteiger partial charge in [-0.1, -0.05) is 55.8 Å².